The standard InChI is InChI=1S/C14H19BrN2O3/c1-8(7-18)10(3)16-13(19)14(20)17-12-6-4-5-11(15)9(12)2/h4-6,8,10,18H,7H2,1-3H3,(H,16,19)(H,17,20). The van der Waals surface area contributed by atoms with Gasteiger partial charge < -0.3 is 15.7 Å². The van der Waals surface area contributed by atoms with Gasteiger partial charge >= 0.3 is 11.8 Å². The molecule has 0 aliphatic heterocycles. The number of benzene rings is 1. The summed E-state index contributed by atoms with van der Waals surface area (Å²) in [7, 11) is 0. The molecule has 2 amide bonds. The van der Waals surface area contributed by atoms with E-state index in [1.807, 2.05) is 13.0 Å². The van der Waals surface area contributed by atoms with E-state index in [0.29, 0.717) is 5.69 Å². The molecule has 0 saturated heterocycles. The smallest absolute Gasteiger partial charge is 0.313 e. The monoisotopic (exact) mass is 342 g/mol. The van der Waals surface area contributed by atoms with E-state index in [4.69, 9.17) is 5.11 Å². The predicted octanol–water partition coefficient (Wildman–Crippen LogP) is 1.83. The van der Waals surface area contributed by atoms with Crippen molar-refractivity contribution >= 4 is 33.4 Å². The Morgan fingerprint density at radius 2 is 1.95 bits per heavy atom. The molecule has 2 unspecified atom stereocenters. The SMILES string of the molecule is Cc1c(Br)cccc1NC(=O)C(=O)NC(C)C(C)CO. The maximum Gasteiger partial charge on any atom is 0.313 e. The lowest BCUT2D eigenvalue weighted by Crippen LogP contribution is -2.44. The molecule has 0 aliphatic rings. The van der Waals surface area contributed by atoms with Crippen molar-refractivity contribution in [3.05, 3.63) is 28.2 Å². The van der Waals surface area contributed by atoms with Gasteiger partial charge in [0.15, 0.2) is 0 Å². The van der Waals surface area contributed by atoms with Crippen LogP contribution >= 0.6 is 15.9 Å². The molecule has 0 bridgehead atoms. The average Bonchev–Trinajstić information content (AvgIpc) is 2.42. The molecule has 20 heavy (non-hydrogen) atoms. The Labute approximate surface area is 126 Å². The highest BCUT2D eigenvalue weighted by Crippen LogP contribution is 2.23. The number of rotatable bonds is 4. The van der Waals surface area contributed by atoms with Crippen LogP contribution in [0.1, 0.15) is 19.4 Å². The molecule has 1 rings (SSSR count). The molecule has 0 spiro atoms. The summed E-state index contributed by atoms with van der Waals surface area (Å²) in [6, 6.07) is 5.09. The van der Waals surface area contributed by atoms with E-state index in [0.717, 1.165) is 10.0 Å². The van der Waals surface area contributed by atoms with Gasteiger partial charge in [-0.25, -0.2) is 0 Å². The zero-order chi connectivity index (χ0) is 15.3. The molecule has 3 N–H and O–H groups in total. The van der Waals surface area contributed by atoms with Crippen molar-refractivity contribution in [1.29, 1.82) is 0 Å². The highest BCUT2D eigenvalue weighted by atomic mass is 79.9. The first kappa shape index (κ1) is 16.7. The van der Waals surface area contributed by atoms with Gasteiger partial charge in [-0.2, -0.15) is 0 Å². The van der Waals surface area contributed by atoms with Gasteiger partial charge in [0.05, 0.1) is 0 Å². The fourth-order valence-electron chi connectivity index (χ4n) is 1.49. The molecule has 0 fully saturated rings. The lowest BCUT2D eigenvalue weighted by atomic mass is 10.1. The molecule has 1 aromatic rings. The Morgan fingerprint density at radius 3 is 2.55 bits per heavy atom. The summed E-state index contributed by atoms with van der Waals surface area (Å²) in [5, 5.41) is 14.1. The number of hydrogen-bond donors (Lipinski definition) is 3. The van der Waals surface area contributed by atoms with Crippen molar-refractivity contribution in [3.8, 4) is 0 Å². The normalized spacial score (nSPS) is 13.4. The summed E-state index contributed by atoms with van der Waals surface area (Å²) in [6.07, 6.45) is 0. The lowest BCUT2D eigenvalue weighted by molar-refractivity contribution is -0.136. The van der Waals surface area contributed by atoms with Crippen molar-refractivity contribution in [3.63, 3.8) is 0 Å². The van der Waals surface area contributed by atoms with E-state index in [1.165, 1.54) is 0 Å². The average molecular weight is 343 g/mol. The van der Waals surface area contributed by atoms with Gasteiger partial charge in [-0.15, -0.1) is 0 Å². The largest absolute Gasteiger partial charge is 0.396 e. The van der Waals surface area contributed by atoms with Gasteiger partial charge in [-0.1, -0.05) is 28.9 Å². The van der Waals surface area contributed by atoms with Crippen LogP contribution < -0.4 is 10.6 Å². The number of anilines is 1. The number of carbonyl (C=O) groups is 2. The minimum Gasteiger partial charge on any atom is -0.396 e. The predicted molar refractivity (Wildman–Crippen MR) is 81.4 cm³/mol. The van der Waals surface area contributed by atoms with Crippen LogP contribution in [0.15, 0.2) is 22.7 Å². The molecular weight excluding hydrogens is 324 g/mol. The maximum atomic E-state index is 11.8. The van der Waals surface area contributed by atoms with E-state index in [-0.39, 0.29) is 18.6 Å². The number of amides is 2. The molecule has 0 aromatic heterocycles. The van der Waals surface area contributed by atoms with Crippen molar-refractivity contribution < 1.29 is 14.7 Å². The van der Waals surface area contributed by atoms with Crippen LogP contribution in [-0.4, -0.2) is 29.6 Å². The highest BCUT2D eigenvalue weighted by Gasteiger charge is 2.20. The van der Waals surface area contributed by atoms with E-state index in [9.17, 15) is 9.59 Å². The fraction of sp³-hybridized carbons (Fsp3) is 0.429. The molecular formula is C14H19BrN2O3. The number of aliphatic hydroxyl groups is 1. The molecule has 2 atom stereocenters. The topological polar surface area (TPSA) is 78.4 Å². The van der Waals surface area contributed by atoms with Gasteiger partial charge in [-0.3, -0.25) is 9.59 Å². The lowest BCUT2D eigenvalue weighted by Gasteiger charge is -2.19. The van der Waals surface area contributed by atoms with Crippen molar-refractivity contribution in [2.75, 3.05) is 11.9 Å². The molecule has 0 aliphatic carbocycles. The van der Waals surface area contributed by atoms with Gasteiger partial charge in [0, 0.05) is 22.8 Å². The highest BCUT2D eigenvalue weighted by molar-refractivity contribution is 9.10. The quantitative estimate of drug-likeness (QED) is 0.730. The van der Waals surface area contributed by atoms with Crippen LogP contribution in [0.3, 0.4) is 0 Å². The van der Waals surface area contributed by atoms with Crippen LogP contribution in [-0.2, 0) is 9.59 Å². The van der Waals surface area contributed by atoms with Crippen molar-refractivity contribution in [1.82, 2.24) is 5.32 Å². The number of halogens is 1. The number of hydrogen-bond acceptors (Lipinski definition) is 3. The van der Waals surface area contributed by atoms with E-state index < -0.39 is 11.8 Å². The molecule has 6 heteroatoms. The number of aliphatic hydroxyl groups excluding tert-OH is 1. The van der Waals surface area contributed by atoms with Gasteiger partial charge in [0.25, 0.3) is 0 Å². The summed E-state index contributed by atoms with van der Waals surface area (Å²) >= 11 is 3.36. The summed E-state index contributed by atoms with van der Waals surface area (Å²) < 4.78 is 0.859. The molecule has 110 valence electrons. The number of carbonyl (C=O) groups excluding carboxylic acids is 2. The third-order valence-electron chi connectivity index (χ3n) is 3.22. The zero-order valence-electron chi connectivity index (χ0n) is 11.7. The third kappa shape index (κ3) is 4.31. The van der Waals surface area contributed by atoms with Gasteiger partial charge in [0.2, 0.25) is 0 Å². The Morgan fingerprint density at radius 1 is 1.30 bits per heavy atom. The minimum absolute atomic E-state index is 0.0478. The van der Waals surface area contributed by atoms with E-state index in [2.05, 4.69) is 26.6 Å². The van der Waals surface area contributed by atoms with Crippen LogP contribution in [0.4, 0.5) is 5.69 Å². The summed E-state index contributed by atoms with van der Waals surface area (Å²) in [6.45, 7) is 5.33. The summed E-state index contributed by atoms with van der Waals surface area (Å²) in [5.41, 5.74) is 1.44. The molecule has 0 heterocycles. The summed E-state index contributed by atoms with van der Waals surface area (Å²) in [5.74, 6) is -1.54. The third-order valence-corrected chi connectivity index (χ3v) is 4.08. The Balaban J connectivity index is 2.67. The summed E-state index contributed by atoms with van der Waals surface area (Å²) in [4.78, 5) is 23.6. The first-order chi connectivity index (χ1) is 9.36. The van der Waals surface area contributed by atoms with Crippen LogP contribution in [0.25, 0.3) is 0 Å². The van der Waals surface area contributed by atoms with Gasteiger partial charge in [-0.05, 0) is 37.5 Å². The van der Waals surface area contributed by atoms with Crippen LogP contribution in [0.2, 0.25) is 0 Å². The second-order valence-corrected chi connectivity index (χ2v) is 5.64. The van der Waals surface area contributed by atoms with Gasteiger partial charge in [0.1, 0.15) is 0 Å². The second-order valence-electron chi connectivity index (χ2n) is 4.79. The van der Waals surface area contributed by atoms with Crippen LogP contribution in [0, 0.1) is 12.8 Å². The van der Waals surface area contributed by atoms with Crippen molar-refractivity contribution in [2.45, 2.75) is 26.8 Å². The first-order valence-corrected chi connectivity index (χ1v) is 7.14. The van der Waals surface area contributed by atoms with E-state index in [1.54, 1.807) is 26.0 Å². The van der Waals surface area contributed by atoms with E-state index >= 15 is 0 Å². The Bertz CT molecular complexity index is 505. The second kappa shape index (κ2) is 7.40. The minimum atomic E-state index is -0.719. The molecule has 0 saturated carbocycles. The Kier molecular flexibility index (Phi) is 6.16. The zero-order valence-corrected chi connectivity index (χ0v) is 13.3. The number of nitrogens with one attached hydrogen (secondary N) is 2. The van der Waals surface area contributed by atoms with Crippen molar-refractivity contribution in [2.24, 2.45) is 5.92 Å². The molecule has 1 aromatic carbocycles. The first-order valence-electron chi connectivity index (χ1n) is 6.34. The molecule has 0 radical (unpaired) electrons. The maximum absolute atomic E-state index is 11.8. The fourth-order valence-corrected chi connectivity index (χ4v) is 1.86. The van der Waals surface area contributed by atoms with Crippen LogP contribution in [0.5, 0.6) is 0 Å². The molecule has 5 nitrogen and oxygen atoms in total. The Hall–Kier alpha value is -1.40.